The maximum atomic E-state index is 11.3. The monoisotopic (exact) mass is 249 g/mol. The number of para-hydroxylation sites is 1. The molecule has 0 saturated carbocycles. The van der Waals surface area contributed by atoms with E-state index in [1.807, 2.05) is 31.2 Å². The number of aryl methyl sites for hydroxylation is 1. The lowest BCUT2D eigenvalue weighted by atomic mass is 10.1. The summed E-state index contributed by atoms with van der Waals surface area (Å²) in [4.78, 5) is 15.7. The Balaban J connectivity index is 2.60. The molecule has 1 aromatic carbocycles. The predicted octanol–water partition coefficient (Wildman–Crippen LogP) is 2.91. The minimum Gasteiger partial charge on any atom is -0.469 e. The molecule has 0 atom stereocenters. The molecule has 0 spiro atoms. The summed E-state index contributed by atoms with van der Waals surface area (Å²) in [5.74, 6) is -0.281. The van der Waals surface area contributed by atoms with Gasteiger partial charge in [-0.15, -0.1) is 0 Å². The van der Waals surface area contributed by atoms with Gasteiger partial charge in [0.1, 0.15) is 0 Å². The molecule has 3 nitrogen and oxygen atoms in total. The first-order valence-electron chi connectivity index (χ1n) is 5.23. The number of pyridine rings is 1. The van der Waals surface area contributed by atoms with Gasteiger partial charge in [0, 0.05) is 11.1 Å². The average Bonchev–Trinajstić information content (AvgIpc) is 2.30. The van der Waals surface area contributed by atoms with E-state index in [9.17, 15) is 4.79 Å². The van der Waals surface area contributed by atoms with Crippen LogP contribution in [-0.2, 0) is 16.0 Å². The number of esters is 1. The van der Waals surface area contributed by atoms with E-state index in [2.05, 4.69) is 9.72 Å². The van der Waals surface area contributed by atoms with Crippen molar-refractivity contribution < 1.29 is 9.53 Å². The van der Waals surface area contributed by atoms with Crippen molar-refractivity contribution in [2.45, 2.75) is 13.3 Å². The molecule has 2 rings (SSSR count). The third-order valence-electron chi connectivity index (χ3n) is 2.56. The van der Waals surface area contributed by atoms with E-state index >= 15 is 0 Å². The standard InChI is InChI=1S/C13H12ClNO2/c1-8-6-11(14)10-5-3-4-9(13(10)15-8)7-12(16)17-2/h3-6H,7H2,1-2H3. The summed E-state index contributed by atoms with van der Waals surface area (Å²) >= 11 is 6.15. The average molecular weight is 250 g/mol. The summed E-state index contributed by atoms with van der Waals surface area (Å²) in [6.45, 7) is 1.88. The maximum Gasteiger partial charge on any atom is 0.310 e. The number of carbonyl (C=O) groups excluding carboxylic acids is 1. The van der Waals surface area contributed by atoms with Crippen LogP contribution >= 0.6 is 11.6 Å². The van der Waals surface area contributed by atoms with E-state index in [4.69, 9.17) is 11.6 Å². The van der Waals surface area contributed by atoms with E-state index in [1.54, 1.807) is 0 Å². The topological polar surface area (TPSA) is 39.2 Å². The van der Waals surface area contributed by atoms with Crippen molar-refractivity contribution in [1.29, 1.82) is 0 Å². The largest absolute Gasteiger partial charge is 0.469 e. The van der Waals surface area contributed by atoms with Gasteiger partial charge >= 0.3 is 5.97 Å². The summed E-state index contributed by atoms with van der Waals surface area (Å²) < 4.78 is 4.66. The third-order valence-corrected chi connectivity index (χ3v) is 2.88. The van der Waals surface area contributed by atoms with Crippen molar-refractivity contribution in [1.82, 2.24) is 4.98 Å². The summed E-state index contributed by atoms with van der Waals surface area (Å²) in [6, 6.07) is 7.43. The Morgan fingerprint density at radius 1 is 1.47 bits per heavy atom. The number of fused-ring (bicyclic) bond motifs is 1. The Morgan fingerprint density at radius 3 is 2.94 bits per heavy atom. The second kappa shape index (κ2) is 4.72. The molecule has 0 aliphatic rings. The van der Waals surface area contributed by atoms with Gasteiger partial charge < -0.3 is 4.74 Å². The lowest BCUT2D eigenvalue weighted by molar-refractivity contribution is -0.139. The SMILES string of the molecule is COC(=O)Cc1cccc2c(Cl)cc(C)nc12. The second-order valence-electron chi connectivity index (χ2n) is 3.81. The summed E-state index contributed by atoms with van der Waals surface area (Å²) in [5, 5.41) is 1.51. The second-order valence-corrected chi connectivity index (χ2v) is 4.22. The van der Waals surface area contributed by atoms with E-state index in [0.29, 0.717) is 5.02 Å². The zero-order chi connectivity index (χ0) is 12.4. The molecular weight excluding hydrogens is 238 g/mol. The van der Waals surface area contributed by atoms with Gasteiger partial charge in [-0.1, -0.05) is 29.8 Å². The number of hydrogen-bond donors (Lipinski definition) is 0. The lowest BCUT2D eigenvalue weighted by Crippen LogP contribution is -2.05. The first-order chi connectivity index (χ1) is 8.11. The van der Waals surface area contributed by atoms with Crippen LogP contribution in [0.25, 0.3) is 10.9 Å². The highest BCUT2D eigenvalue weighted by atomic mass is 35.5. The van der Waals surface area contributed by atoms with Crippen LogP contribution in [0, 0.1) is 6.92 Å². The maximum absolute atomic E-state index is 11.3. The van der Waals surface area contributed by atoms with Crippen LogP contribution in [0.2, 0.25) is 5.02 Å². The molecule has 1 heterocycles. The molecular formula is C13H12ClNO2. The van der Waals surface area contributed by atoms with Gasteiger partial charge in [-0.2, -0.15) is 0 Å². The Labute approximate surface area is 104 Å². The van der Waals surface area contributed by atoms with Crippen molar-refractivity contribution in [2.24, 2.45) is 0 Å². The smallest absolute Gasteiger partial charge is 0.310 e. The molecule has 88 valence electrons. The van der Waals surface area contributed by atoms with Crippen LogP contribution < -0.4 is 0 Å². The van der Waals surface area contributed by atoms with Crippen molar-refractivity contribution >= 4 is 28.5 Å². The number of nitrogens with zero attached hydrogens (tertiary/aromatic N) is 1. The van der Waals surface area contributed by atoms with Crippen molar-refractivity contribution in [2.75, 3.05) is 7.11 Å². The van der Waals surface area contributed by atoms with Gasteiger partial charge in [0.15, 0.2) is 0 Å². The molecule has 0 bridgehead atoms. The number of aromatic nitrogens is 1. The zero-order valence-electron chi connectivity index (χ0n) is 9.66. The molecule has 0 aliphatic carbocycles. The van der Waals surface area contributed by atoms with Gasteiger partial charge in [0.2, 0.25) is 0 Å². The molecule has 0 N–H and O–H groups in total. The number of benzene rings is 1. The van der Waals surface area contributed by atoms with E-state index < -0.39 is 0 Å². The van der Waals surface area contributed by atoms with Crippen LogP contribution in [0.3, 0.4) is 0 Å². The fourth-order valence-electron chi connectivity index (χ4n) is 1.76. The minimum absolute atomic E-state index is 0.209. The number of carbonyl (C=O) groups is 1. The number of rotatable bonds is 2. The Kier molecular flexibility index (Phi) is 3.29. The van der Waals surface area contributed by atoms with Gasteiger partial charge in [-0.25, -0.2) is 0 Å². The molecule has 0 amide bonds. The molecule has 4 heteroatoms. The molecule has 17 heavy (non-hydrogen) atoms. The highest BCUT2D eigenvalue weighted by Crippen LogP contribution is 2.25. The first-order valence-corrected chi connectivity index (χ1v) is 5.61. The summed E-state index contributed by atoms with van der Waals surface area (Å²) in [5.41, 5.74) is 2.43. The molecule has 0 radical (unpaired) electrons. The predicted molar refractivity (Wildman–Crippen MR) is 67.2 cm³/mol. The summed E-state index contributed by atoms with van der Waals surface area (Å²) in [7, 11) is 1.37. The van der Waals surface area contributed by atoms with Gasteiger partial charge in [-0.3, -0.25) is 9.78 Å². The number of methoxy groups -OCH3 is 1. The van der Waals surface area contributed by atoms with Crippen molar-refractivity contribution in [3.05, 3.63) is 40.5 Å². The fourth-order valence-corrected chi connectivity index (χ4v) is 2.07. The summed E-state index contributed by atoms with van der Waals surface area (Å²) in [6.07, 6.45) is 0.209. The Morgan fingerprint density at radius 2 is 2.24 bits per heavy atom. The minimum atomic E-state index is -0.281. The van der Waals surface area contributed by atoms with E-state index in [-0.39, 0.29) is 12.4 Å². The van der Waals surface area contributed by atoms with Gasteiger partial charge in [0.25, 0.3) is 0 Å². The lowest BCUT2D eigenvalue weighted by Gasteiger charge is -2.07. The molecule has 1 aromatic heterocycles. The zero-order valence-corrected chi connectivity index (χ0v) is 10.4. The fraction of sp³-hybridized carbons (Fsp3) is 0.231. The highest BCUT2D eigenvalue weighted by Gasteiger charge is 2.10. The van der Waals surface area contributed by atoms with Crippen molar-refractivity contribution in [3.8, 4) is 0 Å². The van der Waals surface area contributed by atoms with E-state index in [0.717, 1.165) is 22.2 Å². The number of ether oxygens (including phenoxy) is 1. The number of hydrogen-bond acceptors (Lipinski definition) is 3. The van der Waals surface area contributed by atoms with Crippen LogP contribution in [0.15, 0.2) is 24.3 Å². The van der Waals surface area contributed by atoms with Crippen LogP contribution in [0.5, 0.6) is 0 Å². The number of halogens is 1. The first kappa shape index (κ1) is 11.9. The third kappa shape index (κ3) is 2.39. The van der Waals surface area contributed by atoms with Crippen LogP contribution in [-0.4, -0.2) is 18.1 Å². The quantitative estimate of drug-likeness (QED) is 0.769. The Hall–Kier alpha value is -1.61. The molecule has 0 fully saturated rings. The van der Waals surface area contributed by atoms with Gasteiger partial charge in [-0.05, 0) is 18.6 Å². The van der Waals surface area contributed by atoms with Crippen LogP contribution in [0.4, 0.5) is 0 Å². The van der Waals surface area contributed by atoms with Crippen molar-refractivity contribution in [3.63, 3.8) is 0 Å². The highest BCUT2D eigenvalue weighted by molar-refractivity contribution is 6.35. The molecule has 0 unspecified atom stereocenters. The normalized spacial score (nSPS) is 10.5. The molecule has 0 aliphatic heterocycles. The molecule has 2 aromatic rings. The Bertz CT molecular complexity index is 581. The van der Waals surface area contributed by atoms with Crippen LogP contribution in [0.1, 0.15) is 11.3 Å². The van der Waals surface area contributed by atoms with Gasteiger partial charge in [0.05, 0.1) is 24.1 Å². The molecule has 0 saturated heterocycles. The van der Waals surface area contributed by atoms with E-state index in [1.165, 1.54) is 7.11 Å².